The van der Waals surface area contributed by atoms with Crippen LogP contribution in [0, 0.1) is 0 Å². The van der Waals surface area contributed by atoms with Crippen LogP contribution in [0.1, 0.15) is 18.9 Å². The van der Waals surface area contributed by atoms with Crippen LogP contribution in [0.4, 0.5) is 5.69 Å². The molecular formula is C15H22N2O5S2. The Kier molecular flexibility index (Phi) is 4.87. The predicted octanol–water partition coefficient (Wildman–Crippen LogP) is 0.810. The van der Waals surface area contributed by atoms with Crippen molar-refractivity contribution in [1.82, 2.24) is 4.31 Å². The summed E-state index contributed by atoms with van der Waals surface area (Å²) in [4.78, 5) is 0.141. The Morgan fingerprint density at radius 3 is 2.46 bits per heavy atom. The van der Waals surface area contributed by atoms with E-state index in [0.29, 0.717) is 51.4 Å². The number of anilines is 1. The zero-order valence-electron chi connectivity index (χ0n) is 13.6. The topological polar surface area (TPSA) is 84.0 Å². The number of fused-ring (bicyclic) bond motifs is 1. The molecule has 0 N–H and O–H groups in total. The Labute approximate surface area is 143 Å². The standard InChI is InChI=1S/C15H22N2O5S2/c1-2-11-23(18,19)17-6-5-13-3-4-14(12-15(13)17)24(20,21)16-7-9-22-10-8-16/h3-4,12H,2,5-11H2,1H3. The maximum Gasteiger partial charge on any atom is 0.243 e. The van der Waals surface area contributed by atoms with Crippen LogP contribution in [0.25, 0.3) is 0 Å². The lowest BCUT2D eigenvalue weighted by Gasteiger charge is -2.26. The zero-order valence-corrected chi connectivity index (χ0v) is 15.3. The van der Waals surface area contributed by atoms with Gasteiger partial charge >= 0.3 is 0 Å². The van der Waals surface area contributed by atoms with Crippen LogP contribution >= 0.6 is 0 Å². The molecule has 0 spiro atoms. The van der Waals surface area contributed by atoms with Crippen molar-refractivity contribution < 1.29 is 21.6 Å². The molecule has 24 heavy (non-hydrogen) atoms. The minimum Gasteiger partial charge on any atom is -0.379 e. The summed E-state index contributed by atoms with van der Waals surface area (Å²) in [5.41, 5.74) is 1.37. The maximum atomic E-state index is 12.8. The summed E-state index contributed by atoms with van der Waals surface area (Å²) < 4.78 is 58.3. The second kappa shape index (κ2) is 6.62. The average molecular weight is 374 g/mol. The van der Waals surface area contributed by atoms with Gasteiger partial charge in [-0.25, -0.2) is 16.8 Å². The van der Waals surface area contributed by atoms with E-state index < -0.39 is 20.0 Å². The lowest BCUT2D eigenvalue weighted by Crippen LogP contribution is -2.40. The summed E-state index contributed by atoms with van der Waals surface area (Å²) in [5.74, 6) is 0.0624. The number of hydrogen-bond donors (Lipinski definition) is 0. The monoisotopic (exact) mass is 374 g/mol. The first-order valence-electron chi connectivity index (χ1n) is 8.07. The second-order valence-corrected chi connectivity index (χ2v) is 9.90. The van der Waals surface area contributed by atoms with E-state index in [2.05, 4.69) is 0 Å². The molecule has 0 aromatic heterocycles. The number of nitrogens with zero attached hydrogens (tertiary/aromatic N) is 2. The quantitative estimate of drug-likeness (QED) is 0.762. The van der Waals surface area contributed by atoms with Gasteiger partial charge in [0, 0.05) is 19.6 Å². The molecule has 1 aromatic rings. The predicted molar refractivity (Wildman–Crippen MR) is 91.1 cm³/mol. The van der Waals surface area contributed by atoms with Gasteiger partial charge < -0.3 is 4.74 Å². The molecular weight excluding hydrogens is 352 g/mol. The number of rotatable bonds is 5. The third-order valence-electron chi connectivity index (χ3n) is 4.32. The van der Waals surface area contributed by atoms with E-state index >= 15 is 0 Å². The van der Waals surface area contributed by atoms with Gasteiger partial charge in [0.15, 0.2) is 0 Å². The number of benzene rings is 1. The van der Waals surface area contributed by atoms with Crippen molar-refractivity contribution in [2.24, 2.45) is 0 Å². The van der Waals surface area contributed by atoms with Crippen molar-refractivity contribution in [3.63, 3.8) is 0 Å². The fourth-order valence-corrected chi connectivity index (χ4v) is 6.09. The summed E-state index contributed by atoms with van der Waals surface area (Å²) in [6.45, 7) is 3.57. The van der Waals surface area contributed by atoms with Crippen LogP contribution in [0.5, 0.6) is 0 Å². The largest absolute Gasteiger partial charge is 0.379 e. The van der Waals surface area contributed by atoms with Crippen molar-refractivity contribution in [3.05, 3.63) is 23.8 Å². The van der Waals surface area contributed by atoms with Crippen molar-refractivity contribution >= 4 is 25.7 Å². The first kappa shape index (κ1) is 17.7. The highest BCUT2D eigenvalue weighted by atomic mass is 32.2. The highest BCUT2D eigenvalue weighted by molar-refractivity contribution is 7.92. The Bertz CT molecular complexity index is 814. The van der Waals surface area contributed by atoms with Crippen LogP contribution in [-0.2, 0) is 31.2 Å². The molecule has 2 aliphatic rings. The summed E-state index contributed by atoms with van der Waals surface area (Å²) in [7, 11) is -7.04. The molecule has 0 bridgehead atoms. The van der Waals surface area contributed by atoms with Crippen LogP contribution < -0.4 is 4.31 Å². The van der Waals surface area contributed by atoms with E-state index in [4.69, 9.17) is 4.74 Å². The molecule has 1 aromatic carbocycles. The Morgan fingerprint density at radius 2 is 1.79 bits per heavy atom. The molecule has 0 amide bonds. The van der Waals surface area contributed by atoms with Gasteiger partial charge in [-0.1, -0.05) is 13.0 Å². The molecule has 9 heteroatoms. The molecule has 0 radical (unpaired) electrons. The molecule has 0 saturated carbocycles. The van der Waals surface area contributed by atoms with Crippen molar-refractivity contribution in [1.29, 1.82) is 0 Å². The molecule has 2 aliphatic heterocycles. The molecule has 1 fully saturated rings. The Hall–Kier alpha value is -1.16. The molecule has 7 nitrogen and oxygen atoms in total. The van der Waals surface area contributed by atoms with Crippen molar-refractivity contribution in [3.8, 4) is 0 Å². The van der Waals surface area contributed by atoms with Gasteiger partial charge in [-0.15, -0.1) is 0 Å². The fraction of sp³-hybridized carbons (Fsp3) is 0.600. The lowest BCUT2D eigenvalue weighted by atomic mass is 10.2. The summed E-state index contributed by atoms with van der Waals surface area (Å²) in [6, 6.07) is 4.80. The van der Waals surface area contributed by atoms with Crippen LogP contribution in [0.15, 0.2) is 23.1 Å². The van der Waals surface area contributed by atoms with Crippen molar-refractivity contribution in [2.45, 2.75) is 24.7 Å². The van der Waals surface area contributed by atoms with Gasteiger partial charge in [-0.3, -0.25) is 4.31 Å². The van der Waals surface area contributed by atoms with E-state index in [1.54, 1.807) is 12.1 Å². The van der Waals surface area contributed by atoms with E-state index in [1.165, 1.54) is 14.7 Å². The molecule has 1 saturated heterocycles. The first-order chi connectivity index (χ1) is 11.4. The molecule has 2 heterocycles. The normalized spacial score (nSPS) is 19.5. The Balaban J connectivity index is 1.96. The number of hydrogen-bond acceptors (Lipinski definition) is 5. The van der Waals surface area contributed by atoms with Crippen LogP contribution in [-0.4, -0.2) is 59.7 Å². The average Bonchev–Trinajstić information content (AvgIpc) is 2.99. The fourth-order valence-electron chi connectivity index (χ4n) is 3.08. The van der Waals surface area contributed by atoms with E-state index in [0.717, 1.165) is 5.56 Å². The second-order valence-electron chi connectivity index (χ2n) is 5.95. The summed E-state index contributed by atoms with van der Waals surface area (Å²) in [5, 5.41) is 0. The molecule has 134 valence electrons. The Morgan fingerprint density at radius 1 is 1.08 bits per heavy atom. The number of sulfonamides is 2. The summed E-state index contributed by atoms with van der Waals surface area (Å²) in [6.07, 6.45) is 1.14. The zero-order chi connectivity index (χ0) is 17.4. The van der Waals surface area contributed by atoms with Gasteiger partial charge in [0.2, 0.25) is 20.0 Å². The SMILES string of the molecule is CCCS(=O)(=O)N1CCc2ccc(S(=O)(=O)N3CCOCC3)cc21. The van der Waals surface area contributed by atoms with Gasteiger partial charge in [0.1, 0.15) is 0 Å². The maximum absolute atomic E-state index is 12.8. The van der Waals surface area contributed by atoms with Gasteiger partial charge in [0.05, 0.1) is 29.5 Å². The minimum absolute atomic E-state index is 0.0624. The highest BCUT2D eigenvalue weighted by Gasteiger charge is 2.32. The number of ether oxygens (including phenoxy) is 1. The number of morpholine rings is 1. The third-order valence-corrected chi connectivity index (χ3v) is 8.19. The van der Waals surface area contributed by atoms with E-state index in [1.807, 2.05) is 6.92 Å². The van der Waals surface area contributed by atoms with Gasteiger partial charge in [-0.2, -0.15) is 4.31 Å². The first-order valence-corrected chi connectivity index (χ1v) is 11.1. The smallest absolute Gasteiger partial charge is 0.243 e. The molecule has 0 atom stereocenters. The molecule has 0 aliphatic carbocycles. The van der Waals surface area contributed by atoms with Gasteiger partial charge in [0.25, 0.3) is 0 Å². The van der Waals surface area contributed by atoms with Crippen molar-refractivity contribution in [2.75, 3.05) is 42.9 Å². The van der Waals surface area contributed by atoms with E-state index in [9.17, 15) is 16.8 Å². The minimum atomic E-state index is -3.63. The van der Waals surface area contributed by atoms with Crippen LogP contribution in [0.3, 0.4) is 0 Å². The van der Waals surface area contributed by atoms with Crippen LogP contribution in [0.2, 0.25) is 0 Å². The summed E-state index contributed by atoms with van der Waals surface area (Å²) >= 11 is 0. The highest BCUT2D eigenvalue weighted by Crippen LogP contribution is 2.33. The van der Waals surface area contributed by atoms with E-state index in [-0.39, 0.29) is 10.6 Å². The van der Waals surface area contributed by atoms with Gasteiger partial charge in [-0.05, 0) is 30.5 Å². The lowest BCUT2D eigenvalue weighted by molar-refractivity contribution is 0.0730. The third kappa shape index (κ3) is 3.17. The molecule has 3 rings (SSSR count). The molecule has 0 unspecified atom stereocenters.